The summed E-state index contributed by atoms with van der Waals surface area (Å²) in [4.78, 5) is 8.68. The summed E-state index contributed by atoms with van der Waals surface area (Å²) in [6.45, 7) is 4.66. The van der Waals surface area contributed by atoms with Crippen LogP contribution in [0.4, 0.5) is 10.2 Å². The van der Waals surface area contributed by atoms with E-state index >= 15 is 0 Å². The highest BCUT2D eigenvalue weighted by atomic mass is 35.5. The molecule has 1 aromatic carbocycles. The molecule has 0 aliphatic heterocycles. The third kappa shape index (κ3) is 3.41. The predicted octanol–water partition coefficient (Wildman–Crippen LogP) is 3.60. The number of rotatable bonds is 4. The molecule has 0 aliphatic rings. The molecule has 1 aromatic heterocycles. The third-order valence-electron chi connectivity index (χ3n) is 2.64. The van der Waals surface area contributed by atoms with Gasteiger partial charge in [-0.1, -0.05) is 23.7 Å². The Bertz CT molecular complexity index is 587. The van der Waals surface area contributed by atoms with Crippen LogP contribution in [-0.2, 0) is 6.42 Å². The Kier molecular flexibility index (Phi) is 4.32. The molecule has 0 saturated heterocycles. The van der Waals surface area contributed by atoms with Crippen LogP contribution in [0.1, 0.15) is 24.0 Å². The fourth-order valence-electron chi connectivity index (χ4n) is 1.84. The van der Waals surface area contributed by atoms with E-state index in [1.165, 1.54) is 6.07 Å². The van der Waals surface area contributed by atoms with Crippen LogP contribution in [0.15, 0.2) is 24.3 Å². The molecule has 1 heterocycles. The first-order valence-electron chi connectivity index (χ1n) is 6.11. The smallest absolute Gasteiger partial charge is 0.145 e. The molecule has 0 unspecified atom stereocenters. The summed E-state index contributed by atoms with van der Waals surface area (Å²) >= 11 is 5.76. The van der Waals surface area contributed by atoms with E-state index in [-0.39, 0.29) is 5.02 Å². The van der Waals surface area contributed by atoms with Gasteiger partial charge in [0.15, 0.2) is 0 Å². The molecule has 1 N–H and O–H groups in total. The number of aryl methyl sites for hydroxylation is 1. The van der Waals surface area contributed by atoms with E-state index in [0.29, 0.717) is 17.8 Å². The first-order chi connectivity index (χ1) is 9.10. The molecule has 0 aliphatic carbocycles. The highest BCUT2D eigenvalue weighted by Gasteiger charge is 2.09. The van der Waals surface area contributed by atoms with Crippen LogP contribution < -0.4 is 5.32 Å². The number of hydrogen-bond acceptors (Lipinski definition) is 3. The average molecular weight is 280 g/mol. The minimum atomic E-state index is -0.403. The van der Waals surface area contributed by atoms with Crippen molar-refractivity contribution in [2.45, 2.75) is 20.3 Å². The second kappa shape index (κ2) is 5.97. The van der Waals surface area contributed by atoms with Gasteiger partial charge in [0.25, 0.3) is 0 Å². The number of benzene rings is 1. The van der Waals surface area contributed by atoms with Gasteiger partial charge in [-0.25, -0.2) is 14.4 Å². The van der Waals surface area contributed by atoms with Crippen LogP contribution in [0.25, 0.3) is 0 Å². The van der Waals surface area contributed by atoms with Crippen LogP contribution in [0.2, 0.25) is 5.02 Å². The van der Waals surface area contributed by atoms with Gasteiger partial charge in [0.1, 0.15) is 17.5 Å². The second-order valence-electron chi connectivity index (χ2n) is 4.23. The van der Waals surface area contributed by atoms with Gasteiger partial charge in [0.05, 0.1) is 5.02 Å². The maximum atomic E-state index is 13.8. The Morgan fingerprint density at radius 3 is 2.84 bits per heavy atom. The van der Waals surface area contributed by atoms with Gasteiger partial charge in [-0.2, -0.15) is 0 Å². The Labute approximate surface area is 116 Å². The van der Waals surface area contributed by atoms with Crippen molar-refractivity contribution >= 4 is 17.4 Å². The molecule has 100 valence electrons. The number of hydrogen-bond donors (Lipinski definition) is 1. The third-order valence-corrected chi connectivity index (χ3v) is 2.93. The van der Waals surface area contributed by atoms with Crippen molar-refractivity contribution < 1.29 is 4.39 Å². The monoisotopic (exact) mass is 279 g/mol. The fraction of sp³-hybridized carbons (Fsp3) is 0.286. The highest BCUT2D eigenvalue weighted by Crippen LogP contribution is 2.20. The standard InChI is InChI=1S/C14H15ClFN3/c1-3-17-12-7-9(2)18-13(19-12)8-10-5-4-6-11(15)14(10)16/h4-7H,3,8H2,1-2H3,(H,17,18,19). The molecule has 2 rings (SSSR count). The summed E-state index contributed by atoms with van der Waals surface area (Å²) in [7, 11) is 0. The summed E-state index contributed by atoms with van der Waals surface area (Å²) in [5.41, 5.74) is 1.35. The molecule has 19 heavy (non-hydrogen) atoms. The van der Waals surface area contributed by atoms with E-state index in [2.05, 4.69) is 15.3 Å². The fourth-order valence-corrected chi connectivity index (χ4v) is 2.03. The minimum Gasteiger partial charge on any atom is -0.370 e. The van der Waals surface area contributed by atoms with Crippen LogP contribution >= 0.6 is 11.6 Å². The van der Waals surface area contributed by atoms with Crippen LogP contribution in [0.5, 0.6) is 0 Å². The Morgan fingerprint density at radius 1 is 1.32 bits per heavy atom. The summed E-state index contributed by atoms with van der Waals surface area (Å²) < 4.78 is 13.8. The van der Waals surface area contributed by atoms with Crippen LogP contribution in [0, 0.1) is 12.7 Å². The molecule has 0 amide bonds. The number of halogens is 2. The molecular formula is C14H15ClFN3. The van der Waals surface area contributed by atoms with Crippen molar-refractivity contribution in [3.8, 4) is 0 Å². The largest absolute Gasteiger partial charge is 0.370 e. The van der Waals surface area contributed by atoms with Gasteiger partial charge in [-0.15, -0.1) is 0 Å². The van der Waals surface area contributed by atoms with Gasteiger partial charge in [0.2, 0.25) is 0 Å². The van der Waals surface area contributed by atoms with E-state index < -0.39 is 5.82 Å². The molecular weight excluding hydrogens is 265 g/mol. The lowest BCUT2D eigenvalue weighted by Crippen LogP contribution is -2.06. The summed E-state index contributed by atoms with van der Waals surface area (Å²) in [5, 5.41) is 3.25. The van der Waals surface area contributed by atoms with Crippen LogP contribution in [-0.4, -0.2) is 16.5 Å². The molecule has 0 spiro atoms. The van der Waals surface area contributed by atoms with Gasteiger partial charge >= 0.3 is 0 Å². The molecule has 0 radical (unpaired) electrons. The topological polar surface area (TPSA) is 37.8 Å². The van der Waals surface area contributed by atoms with Crippen molar-refractivity contribution in [3.63, 3.8) is 0 Å². The SMILES string of the molecule is CCNc1cc(C)nc(Cc2cccc(Cl)c2F)n1. The zero-order valence-corrected chi connectivity index (χ0v) is 11.6. The Balaban J connectivity index is 2.30. The van der Waals surface area contributed by atoms with Crippen molar-refractivity contribution in [2.24, 2.45) is 0 Å². The first-order valence-corrected chi connectivity index (χ1v) is 6.49. The predicted molar refractivity (Wildman–Crippen MR) is 75.1 cm³/mol. The van der Waals surface area contributed by atoms with Crippen molar-refractivity contribution in [1.29, 1.82) is 0 Å². The van der Waals surface area contributed by atoms with E-state index in [1.54, 1.807) is 12.1 Å². The molecule has 0 saturated carbocycles. The molecule has 2 aromatic rings. The molecule has 5 heteroatoms. The zero-order chi connectivity index (χ0) is 13.8. The van der Waals surface area contributed by atoms with Gasteiger partial charge in [-0.05, 0) is 25.5 Å². The molecule has 0 atom stereocenters. The summed E-state index contributed by atoms with van der Waals surface area (Å²) in [6, 6.07) is 6.81. The molecule has 0 fully saturated rings. The lowest BCUT2D eigenvalue weighted by atomic mass is 10.1. The van der Waals surface area contributed by atoms with E-state index in [9.17, 15) is 4.39 Å². The number of nitrogens with one attached hydrogen (secondary N) is 1. The molecule has 3 nitrogen and oxygen atoms in total. The van der Waals surface area contributed by atoms with Gasteiger partial charge in [0, 0.05) is 24.7 Å². The highest BCUT2D eigenvalue weighted by molar-refractivity contribution is 6.30. The second-order valence-corrected chi connectivity index (χ2v) is 4.64. The number of nitrogens with zero attached hydrogens (tertiary/aromatic N) is 2. The van der Waals surface area contributed by atoms with Gasteiger partial charge < -0.3 is 5.32 Å². The normalized spacial score (nSPS) is 10.5. The zero-order valence-electron chi connectivity index (χ0n) is 10.9. The van der Waals surface area contributed by atoms with Crippen LogP contribution in [0.3, 0.4) is 0 Å². The maximum absolute atomic E-state index is 13.8. The number of aromatic nitrogens is 2. The Morgan fingerprint density at radius 2 is 2.11 bits per heavy atom. The number of anilines is 1. The average Bonchev–Trinajstić information content (AvgIpc) is 2.35. The lowest BCUT2D eigenvalue weighted by Gasteiger charge is -2.08. The Hall–Kier alpha value is -1.68. The van der Waals surface area contributed by atoms with Crippen molar-refractivity contribution in [3.05, 3.63) is 52.2 Å². The molecule has 0 bridgehead atoms. The first kappa shape index (κ1) is 13.7. The lowest BCUT2D eigenvalue weighted by molar-refractivity contribution is 0.612. The van der Waals surface area contributed by atoms with Gasteiger partial charge in [-0.3, -0.25) is 0 Å². The minimum absolute atomic E-state index is 0.122. The summed E-state index contributed by atoms with van der Waals surface area (Å²) in [6.07, 6.45) is 0.326. The van der Waals surface area contributed by atoms with E-state index in [4.69, 9.17) is 11.6 Å². The van der Waals surface area contributed by atoms with E-state index in [0.717, 1.165) is 18.1 Å². The van der Waals surface area contributed by atoms with Crippen molar-refractivity contribution in [2.75, 3.05) is 11.9 Å². The summed E-state index contributed by atoms with van der Waals surface area (Å²) in [5.74, 6) is 0.934. The quantitative estimate of drug-likeness (QED) is 0.929. The van der Waals surface area contributed by atoms with Crippen molar-refractivity contribution in [1.82, 2.24) is 9.97 Å². The maximum Gasteiger partial charge on any atom is 0.145 e. The van der Waals surface area contributed by atoms with E-state index in [1.807, 2.05) is 19.9 Å².